The minimum absolute atomic E-state index is 0.304. The number of carbonyl (C=O) groups excluding carboxylic acids is 1. The van der Waals surface area contributed by atoms with E-state index >= 15 is 0 Å². The average Bonchev–Trinajstić information content (AvgIpc) is 2.82. The molecule has 0 saturated heterocycles. The fraction of sp³-hybridized carbons (Fsp3) is 0.160. The number of ether oxygens (including phenoxy) is 4. The lowest BCUT2D eigenvalue weighted by Crippen LogP contribution is -2.15. The van der Waals surface area contributed by atoms with Crippen LogP contribution in [0.4, 0.5) is 5.69 Å². The Kier molecular flexibility index (Phi) is 7.17. The van der Waals surface area contributed by atoms with Gasteiger partial charge in [0.25, 0.3) is 5.91 Å². The molecule has 0 radical (unpaired) electrons. The van der Waals surface area contributed by atoms with Crippen LogP contribution < -0.4 is 24.3 Å². The van der Waals surface area contributed by atoms with E-state index in [1.807, 2.05) is 48.6 Å². The predicted octanol–water partition coefficient (Wildman–Crippen LogP) is 5.14. The second-order valence-corrected chi connectivity index (χ2v) is 6.59. The Morgan fingerprint density at radius 1 is 0.742 bits per heavy atom. The van der Waals surface area contributed by atoms with Crippen molar-refractivity contribution in [2.75, 3.05) is 33.8 Å². The first-order valence-electron chi connectivity index (χ1n) is 9.61. The van der Waals surface area contributed by atoms with E-state index in [0.29, 0.717) is 34.1 Å². The van der Waals surface area contributed by atoms with Crippen LogP contribution in [-0.2, 0) is 0 Å². The molecule has 6 heteroatoms. The van der Waals surface area contributed by atoms with Crippen LogP contribution in [0.25, 0.3) is 12.2 Å². The lowest BCUT2D eigenvalue weighted by molar-refractivity contribution is 0.102. The minimum Gasteiger partial charge on any atom is -0.497 e. The standard InChI is InChI=1S/C25H25NO5/c1-28-20-12-9-17(10-13-20)8-11-18-14-22(30-3)16-23(31-4)24(18)25(27)26-19-6-5-7-21(15-19)29-2/h5-16H,1-4H3,(H,26,27)/b11-8+. The first-order valence-corrected chi connectivity index (χ1v) is 9.61. The number of benzene rings is 3. The molecule has 0 aliphatic rings. The summed E-state index contributed by atoms with van der Waals surface area (Å²) in [4.78, 5) is 13.2. The zero-order valence-electron chi connectivity index (χ0n) is 18.0. The summed E-state index contributed by atoms with van der Waals surface area (Å²) >= 11 is 0. The molecule has 160 valence electrons. The smallest absolute Gasteiger partial charge is 0.260 e. The van der Waals surface area contributed by atoms with Crippen LogP contribution in [0.2, 0.25) is 0 Å². The monoisotopic (exact) mass is 419 g/mol. The van der Waals surface area contributed by atoms with Crippen molar-refractivity contribution in [3.05, 3.63) is 77.4 Å². The summed E-state index contributed by atoms with van der Waals surface area (Å²) in [6.45, 7) is 0. The highest BCUT2D eigenvalue weighted by atomic mass is 16.5. The highest BCUT2D eigenvalue weighted by Gasteiger charge is 2.18. The maximum Gasteiger partial charge on any atom is 0.260 e. The van der Waals surface area contributed by atoms with Gasteiger partial charge in [-0.1, -0.05) is 30.4 Å². The zero-order chi connectivity index (χ0) is 22.2. The van der Waals surface area contributed by atoms with Crippen LogP contribution in [0, 0.1) is 0 Å². The molecule has 0 fully saturated rings. The van der Waals surface area contributed by atoms with Crippen molar-refractivity contribution < 1.29 is 23.7 Å². The van der Waals surface area contributed by atoms with Gasteiger partial charge < -0.3 is 24.3 Å². The largest absolute Gasteiger partial charge is 0.497 e. The molecule has 6 nitrogen and oxygen atoms in total. The van der Waals surface area contributed by atoms with E-state index in [0.717, 1.165) is 11.3 Å². The Morgan fingerprint density at radius 2 is 1.45 bits per heavy atom. The van der Waals surface area contributed by atoms with E-state index in [-0.39, 0.29) is 5.91 Å². The molecular formula is C25H25NO5. The minimum atomic E-state index is -0.304. The molecule has 3 aromatic rings. The van der Waals surface area contributed by atoms with Crippen molar-refractivity contribution in [1.82, 2.24) is 0 Å². The molecule has 31 heavy (non-hydrogen) atoms. The number of hydrogen-bond donors (Lipinski definition) is 1. The Bertz CT molecular complexity index is 1070. The van der Waals surface area contributed by atoms with Gasteiger partial charge in [-0.05, 0) is 41.5 Å². The van der Waals surface area contributed by atoms with Crippen molar-refractivity contribution in [3.8, 4) is 23.0 Å². The summed E-state index contributed by atoms with van der Waals surface area (Å²) in [5.41, 5.74) is 2.64. The molecule has 0 bridgehead atoms. The third-order valence-corrected chi connectivity index (χ3v) is 4.69. The molecule has 0 aromatic heterocycles. The molecule has 0 unspecified atom stereocenters. The van der Waals surface area contributed by atoms with Gasteiger partial charge in [0.1, 0.15) is 23.0 Å². The number of carbonyl (C=O) groups is 1. The number of amides is 1. The Morgan fingerprint density at radius 3 is 2.10 bits per heavy atom. The predicted molar refractivity (Wildman–Crippen MR) is 122 cm³/mol. The molecule has 1 N–H and O–H groups in total. The van der Waals surface area contributed by atoms with E-state index in [2.05, 4.69) is 5.32 Å². The van der Waals surface area contributed by atoms with Crippen molar-refractivity contribution in [2.24, 2.45) is 0 Å². The molecule has 0 saturated carbocycles. The maximum atomic E-state index is 13.2. The lowest BCUT2D eigenvalue weighted by atomic mass is 10.0. The number of rotatable bonds is 8. The van der Waals surface area contributed by atoms with E-state index in [1.54, 1.807) is 45.6 Å². The van der Waals surface area contributed by atoms with Gasteiger partial charge in [-0.25, -0.2) is 0 Å². The lowest BCUT2D eigenvalue weighted by Gasteiger charge is -2.14. The van der Waals surface area contributed by atoms with Gasteiger partial charge in [-0.15, -0.1) is 0 Å². The highest BCUT2D eigenvalue weighted by Crippen LogP contribution is 2.31. The normalized spacial score (nSPS) is 10.6. The van der Waals surface area contributed by atoms with E-state index in [1.165, 1.54) is 7.11 Å². The summed E-state index contributed by atoms with van der Waals surface area (Å²) in [5.74, 6) is 2.12. The van der Waals surface area contributed by atoms with Gasteiger partial charge in [0.15, 0.2) is 0 Å². The van der Waals surface area contributed by atoms with Gasteiger partial charge >= 0.3 is 0 Å². The van der Waals surface area contributed by atoms with Crippen LogP contribution in [0.15, 0.2) is 60.7 Å². The Balaban J connectivity index is 1.98. The molecule has 3 rings (SSSR count). The summed E-state index contributed by atoms with van der Waals surface area (Å²) in [5, 5.41) is 2.91. The van der Waals surface area contributed by atoms with Crippen LogP contribution in [0.5, 0.6) is 23.0 Å². The Labute approximate surface area is 182 Å². The quantitative estimate of drug-likeness (QED) is 0.512. The first-order chi connectivity index (χ1) is 15.1. The summed E-state index contributed by atoms with van der Waals surface area (Å²) in [6.07, 6.45) is 3.77. The van der Waals surface area contributed by atoms with E-state index in [9.17, 15) is 4.79 Å². The second-order valence-electron chi connectivity index (χ2n) is 6.59. The van der Waals surface area contributed by atoms with Crippen molar-refractivity contribution in [1.29, 1.82) is 0 Å². The van der Waals surface area contributed by atoms with Crippen LogP contribution >= 0.6 is 0 Å². The number of methoxy groups -OCH3 is 4. The third kappa shape index (κ3) is 5.36. The van der Waals surface area contributed by atoms with Crippen molar-refractivity contribution in [3.63, 3.8) is 0 Å². The fourth-order valence-corrected chi connectivity index (χ4v) is 3.06. The van der Waals surface area contributed by atoms with Crippen molar-refractivity contribution >= 4 is 23.7 Å². The van der Waals surface area contributed by atoms with Crippen LogP contribution in [0.1, 0.15) is 21.5 Å². The molecule has 0 heterocycles. The summed E-state index contributed by atoms with van der Waals surface area (Å²) in [7, 11) is 6.30. The number of hydrogen-bond acceptors (Lipinski definition) is 5. The van der Waals surface area contributed by atoms with Gasteiger partial charge in [-0.3, -0.25) is 4.79 Å². The summed E-state index contributed by atoms with van der Waals surface area (Å²) < 4.78 is 21.3. The average molecular weight is 419 g/mol. The summed E-state index contributed by atoms with van der Waals surface area (Å²) in [6, 6.07) is 18.3. The van der Waals surface area contributed by atoms with Crippen LogP contribution in [0.3, 0.4) is 0 Å². The van der Waals surface area contributed by atoms with Gasteiger partial charge in [0, 0.05) is 17.8 Å². The fourth-order valence-electron chi connectivity index (χ4n) is 3.06. The highest BCUT2D eigenvalue weighted by molar-refractivity contribution is 6.09. The SMILES string of the molecule is COc1ccc(/C=C/c2cc(OC)cc(OC)c2C(=O)Nc2cccc(OC)c2)cc1. The molecule has 3 aromatic carbocycles. The van der Waals surface area contributed by atoms with Gasteiger partial charge in [-0.2, -0.15) is 0 Å². The van der Waals surface area contributed by atoms with Crippen molar-refractivity contribution in [2.45, 2.75) is 0 Å². The topological polar surface area (TPSA) is 66.0 Å². The molecule has 0 aliphatic carbocycles. The third-order valence-electron chi connectivity index (χ3n) is 4.69. The molecule has 1 amide bonds. The second kappa shape index (κ2) is 10.2. The van der Waals surface area contributed by atoms with Gasteiger partial charge in [0.05, 0.1) is 34.0 Å². The number of nitrogens with one attached hydrogen (secondary N) is 1. The molecule has 0 aliphatic heterocycles. The molecule has 0 spiro atoms. The van der Waals surface area contributed by atoms with E-state index < -0.39 is 0 Å². The number of anilines is 1. The Hall–Kier alpha value is -3.93. The molecule has 0 atom stereocenters. The zero-order valence-corrected chi connectivity index (χ0v) is 18.0. The maximum absolute atomic E-state index is 13.2. The molecular weight excluding hydrogens is 394 g/mol. The van der Waals surface area contributed by atoms with Gasteiger partial charge in [0.2, 0.25) is 0 Å². The van der Waals surface area contributed by atoms with E-state index in [4.69, 9.17) is 18.9 Å². The van der Waals surface area contributed by atoms with Crippen LogP contribution in [-0.4, -0.2) is 34.3 Å². The first kappa shape index (κ1) is 21.8.